The van der Waals surface area contributed by atoms with Gasteiger partial charge in [0.05, 0.1) is 22.3 Å². The van der Waals surface area contributed by atoms with E-state index in [0.717, 1.165) is 0 Å². The Labute approximate surface area is 187 Å². The molecule has 1 aliphatic heterocycles. The predicted molar refractivity (Wildman–Crippen MR) is 121 cm³/mol. The maximum Gasteiger partial charge on any atom is 0.262 e. The molecule has 9 heteroatoms. The highest BCUT2D eigenvalue weighted by Crippen LogP contribution is 2.29. The normalized spacial score (nSPS) is 13.1. The Balaban J connectivity index is 1.62. The van der Waals surface area contributed by atoms with Gasteiger partial charge in [0.1, 0.15) is 5.75 Å². The van der Waals surface area contributed by atoms with Crippen LogP contribution >= 0.6 is 23.4 Å². The molecule has 2 aromatic carbocycles. The SMILES string of the molecule is CC(C)Cn1c(SCC(=O)c2ccc3c(c2)NC(=O)CO3)nc2cc(Cl)ccc2c1=O. The number of ketones is 1. The zero-order chi connectivity index (χ0) is 22.1. The highest BCUT2D eigenvalue weighted by molar-refractivity contribution is 7.99. The maximum absolute atomic E-state index is 13.0. The fourth-order valence-corrected chi connectivity index (χ4v) is 4.35. The molecule has 0 saturated heterocycles. The number of amides is 1. The third-order valence-electron chi connectivity index (χ3n) is 4.70. The van der Waals surface area contributed by atoms with Crippen molar-refractivity contribution in [2.75, 3.05) is 17.7 Å². The number of hydrogen-bond acceptors (Lipinski definition) is 6. The third-order valence-corrected chi connectivity index (χ3v) is 5.91. The molecule has 0 bridgehead atoms. The maximum atomic E-state index is 13.0. The molecule has 31 heavy (non-hydrogen) atoms. The van der Waals surface area contributed by atoms with Crippen molar-refractivity contribution in [3.63, 3.8) is 0 Å². The lowest BCUT2D eigenvalue weighted by molar-refractivity contribution is -0.118. The molecule has 0 unspecified atom stereocenters. The van der Waals surface area contributed by atoms with Crippen LogP contribution in [-0.2, 0) is 11.3 Å². The van der Waals surface area contributed by atoms with E-state index in [9.17, 15) is 14.4 Å². The van der Waals surface area contributed by atoms with Crippen LogP contribution in [0.2, 0.25) is 5.02 Å². The van der Waals surface area contributed by atoms with Gasteiger partial charge in [0, 0.05) is 17.1 Å². The van der Waals surface area contributed by atoms with Crippen LogP contribution in [0.1, 0.15) is 24.2 Å². The summed E-state index contributed by atoms with van der Waals surface area (Å²) in [4.78, 5) is 42.0. The van der Waals surface area contributed by atoms with Crippen LogP contribution in [0.3, 0.4) is 0 Å². The van der Waals surface area contributed by atoms with Crippen molar-refractivity contribution in [1.82, 2.24) is 9.55 Å². The number of carbonyl (C=O) groups excluding carboxylic acids is 2. The minimum Gasteiger partial charge on any atom is -0.482 e. The molecule has 3 aromatic rings. The molecule has 1 aromatic heterocycles. The lowest BCUT2D eigenvalue weighted by Gasteiger charge is -2.18. The molecule has 0 saturated carbocycles. The molecule has 160 valence electrons. The van der Waals surface area contributed by atoms with E-state index in [-0.39, 0.29) is 35.5 Å². The van der Waals surface area contributed by atoms with E-state index in [0.29, 0.717) is 44.6 Å². The van der Waals surface area contributed by atoms with Gasteiger partial charge in [-0.15, -0.1) is 0 Å². The highest BCUT2D eigenvalue weighted by Gasteiger charge is 2.19. The summed E-state index contributed by atoms with van der Waals surface area (Å²) >= 11 is 7.28. The number of anilines is 1. The number of ether oxygens (including phenoxy) is 1. The molecule has 1 amide bonds. The lowest BCUT2D eigenvalue weighted by atomic mass is 10.1. The molecule has 0 radical (unpaired) electrons. The fourth-order valence-electron chi connectivity index (χ4n) is 3.28. The molecule has 0 aliphatic carbocycles. The summed E-state index contributed by atoms with van der Waals surface area (Å²) in [5.41, 5.74) is 1.26. The van der Waals surface area contributed by atoms with Crippen LogP contribution in [0.25, 0.3) is 10.9 Å². The standard InChI is InChI=1S/C22H20ClN3O4S/c1-12(2)9-26-21(29)15-5-4-14(23)8-16(15)25-22(26)31-11-18(27)13-3-6-19-17(7-13)24-20(28)10-30-19/h3-8,12H,9-11H2,1-2H3,(H,24,28). The molecule has 7 nitrogen and oxygen atoms in total. The van der Waals surface area contributed by atoms with Gasteiger partial charge in [0.15, 0.2) is 17.5 Å². The number of thioether (sulfide) groups is 1. The number of carbonyl (C=O) groups is 2. The number of halogens is 1. The number of aromatic nitrogens is 2. The zero-order valence-electron chi connectivity index (χ0n) is 17.0. The predicted octanol–water partition coefficient (Wildman–Crippen LogP) is 4.01. The van der Waals surface area contributed by atoms with Gasteiger partial charge in [-0.3, -0.25) is 19.0 Å². The number of Topliss-reactive ketones (excluding diaryl/α,β-unsaturated/α-hetero) is 1. The van der Waals surface area contributed by atoms with Gasteiger partial charge in [-0.2, -0.15) is 0 Å². The minimum absolute atomic E-state index is 0.0405. The smallest absolute Gasteiger partial charge is 0.262 e. The molecule has 1 N–H and O–H groups in total. The average Bonchev–Trinajstić information content (AvgIpc) is 2.73. The van der Waals surface area contributed by atoms with Crippen LogP contribution in [0.5, 0.6) is 5.75 Å². The van der Waals surface area contributed by atoms with E-state index < -0.39 is 0 Å². The van der Waals surface area contributed by atoms with Gasteiger partial charge < -0.3 is 10.1 Å². The second-order valence-electron chi connectivity index (χ2n) is 7.63. The van der Waals surface area contributed by atoms with Crippen LogP contribution in [0.15, 0.2) is 46.3 Å². The van der Waals surface area contributed by atoms with E-state index in [1.807, 2.05) is 13.8 Å². The van der Waals surface area contributed by atoms with Crippen LogP contribution in [0.4, 0.5) is 5.69 Å². The van der Waals surface area contributed by atoms with Gasteiger partial charge in [-0.05, 0) is 42.3 Å². The summed E-state index contributed by atoms with van der Waals surface area (Å²) in [6.07, 6.45) is 0. The van der Waals surface area contributed by atoms with E-state index >= 15 is 0 Å². The Morgan fingerprint density at radius 1 is 1.26 bits per heavy atom. The third kappa shape index (κ3) is 4.60. The van der Waals surface area contributed by atoms with E-state index in [2.05, 4.69) is 10.3 Å². The first kappa shape index (κ1) is 21.4. The molecular weight excluding hydrogens is 438 g/mol. The zero-order valence-corrected chi connectivity index (χ0v) is 18.5. The highest BCUT2D eigenvalue weighted by atomic mass is 35.5. The topological polar surface area (TPSA) is 90.3 Å². The van der Waals surface area contributed by atoms with E-state index in [4.69, 9.17) is 16.3 Å². The van der Waals surface area contributed by atoms with Gasteiger partial charge in [-0.1, -0.05) is 37.2 Å². The summed E-state index contributed by atoms with van der Waals surface area (Å²) in [5.74, 6) is 0.433. The van der Waals surface area contributed by atoms with E-state index in [1.165, 1.54) is 11.8 Å². The largest absolute Gasteiger partial charge is 0.482 e. The number of hydrogen-bond donors (Lipinski definition) is 1. The Morgan fingerprint density at radius 2 is 2.06 bits per heavy atom. The first-order valence-corrected chi connectivity index (χ1v) is 11.1. The summed E-state index contributed by atoms with van der Waals surface area (Å²) in [5, 5.41) is 4.15. The van der Waals surface area contributed by atoms with Crippen molar-refractivity contribution in [3.05, 3.63) is 57.3 Å². The van der Waals surface area contributed by atoms with Crippen molar-refractivity contribution in [2.45, 2.75) is 25.5 Å². The Hall–Kier alpha value is -2.84. The number of rotatable bonds is 6. The van der Waals surface area contributed by atoms with Crippen molar-refractivity contribution in [1.29, 1.82) is 0 Å². The first-order chi connectivity index (χ1) is 14.8. The summed E-state index contributed by atoms with van der Waals surface area (Å²) in [6, 6.07) is 9.92. The molecule has 4 rings (SSSR count). The minimum atomic E-state index is -0.261. The van der Waals surface area contributed by atoms with Crippen LogP contribution < -0.4 is 15.6 Å². The summed E-state index contributed by atoms with van der Waals surface area (Å²) in [6.45, 7) is 4.48. The average molecular weight is 458 g/mol. The molecular formula is C22H20ClN3O4S. The van der Waals surface area contributed by atoms with Crippen molar-refractivity contribution in [3.8, 4) is 5.75 Å². The second kappa shape index (κ2) is 8.72. The Morgan fingerprint density at radius 3 is 2.84 bits per heavy atom. The molecule has 0 spiro atoms. The Bertz CT molecular complexity index is 1260. The quantitative estimate of drug-likeness (QED) is 0.341. The monoisotopic (exact) mass is 457 g/mol. The molecule has 1 aliphatic rings. The summed E-state index contributed by atoms with van der Waals surface area (Å²) in [7, 11) is 0. The Kier molecular flexibility index (Phi) is 6.02. The van der Waals surface area contributed by atoms with Crippen LogP contribution in [0, 0.1) is 5.92 Å². The number of nitrogens with zero attached hydrogens (tertiary/aromatic N) is 2. The van der Waals surface area contributed by atoms with Gasteiger partial charge in [0.2, 0.25) is 0 Å². The van der Waals surface area contributed by atoms with Gasteiger partial charge in [-0.25, -0.2) is 4.98 Å². The summed E-state index contributed by atoms with van der Waals surface area (Å²) < 4.78 is 6.94. The van der Waals surface area contributed by atoms with Crippen molar-refractivity contribution >= 4 is 51.6 Å². The van der Waals surface area contributed by atoms with Crippen molar-refractivity contribution in [2.24, 2.45) is 5.92 Å². The fraction of sp³-hybridized carbons (Fsp3) is 0.273. The number of fused-ring (bicyclic) bond motifs is 2. The molecule has 0 atom stereocenters. The number of nitrogens with one attached hydrogen (secondary N) is 1. The second-order valence-corrected chi connectivity index (χ2v) is 9.00. The lowest BCUT2D eigenvalue weighted by Crippen LogP contribution is -2.26. The number of benzene rings is 2. The van der Waals surface area contributed by atoms with Crippen molar-refractivity contribution < 1.29 is 14.3 Å². The van der Waals surface area contributed by atoms with Crippen LogP contribution in [-0.4, -0.2) is 33.6 Å². The van der Waals surface area contributed by atoms with Gasteiger partial charge in [0.25, 0.3) is 11.5 Å². The first-order valence-electron chi connectivity index (χ1n) is 9.74. The van der Waals surface area contributed by atoms with Gasteiger partial charge >= 0.3 is 0 Å². The van der Waals surface area contributed by atoms with E-state index in [1.54, 1.807) is 41.0 Å². The molecule has 0 fully saturated rings. The molecule has 2 heterocycles.